The molecular formula is C18H27FN2. The van der Waals surface area contributed by atoms with Gasteiger partial charge < -0.3 is 10.2 Å². The molecule has 2 aliphatic rings. The van der Waals surface area contributed by atoms with Gasteiger partial charge in [0, 0.05) is 24.8 Å². The summed E-state index contributed by atoms with van der Waals surface area (Å²) in [6.45, 7) is 4.21. The molecule has 2 nitrogen and oxygen atoms in total. The van der Waals surface area contributed by atoms with Crippen LogP contribution in [0.5, 0.6) is 0 Å². The average Bonchev–Trinajstić information content (AvgIpc) is 3.02. The minimum Gasteiger partial charge on any atom is -0.382 e. The number of rotatable bonds is 4. The van der Waals surface area contributed by atoms with Crippen molar-refractivity contribution in [1.82, 2.24) is 0 Å². The molecule has 1 aliphatic heterocycles. The Hall–Kier alpha value is -1.25. The van der Waals surface area contributed by atoms with E-state index in [9.17, 15) is 4.39 Å². The molecule has 116 valence electrons. The van der Waals surface area contributed by atoms with E-state index in [0.29, 0.717) is 6.04 Å². The van der Waals surface area contributed by atoms with Crippen LogP contribution in [-0.2, 0) is 0 Å². The first-order valence-electron chi connectivity index (χ1n) is 8.55. The van der Waals surface area contributed by atoms with Crippen LogP contribution in [0.15, 0.2) is 18.2 Å². The third kappa shape index (κ3) is 3.50. The molecule has 0 amide bonds. The third-order valence-corrected chi connectivity index (χ3v) is 5.15. The monoisotopic (exact) mass is 290 g/mol. The van der Waals surface area contributed by atoms with E-state index >= 15 is 0 Å². The summed E-state index contributed by atoms with van der Waals surface area (Å²) >= 11 is 0. The van der Waals surface area contributed by atoms with Crippen molar-refractivity contribution in [3.8, 4) is 0 Å². The Balaban J connectivity index is 1.64. The van der Waals surface area contributed by atoms with Gasteiger partial charge in [-0.05, 0) is 56.7 Å². The van der Waals surface area contributed by atoms with Gasteiger partial charge in [-0.25, -0.2) is 4.39 Å². The molecule has 0 radical (unpaired) electrons. The highest BCUT2D eigenvalue weighted by atomic mass is 19.1. The van der Waals surface area contributed by atoms with Crippen LogP contribution in [0.25, 0.3) is 0 Å². The van der Waals surface area contributed by atoms with Crippen LogP contribution in [-0.4, -0.2) is 19.1 Å². The van der Waals surface area contributed by atoms with Crippen LogP contribution < -0.4 is 10.2 Å². The first-order valence-corrected chi connectivity index (χ1v) is 8.55. The number of benzene rings is 1. The fourth-order valence-corrected chi connectivity index (χ4v) is 3.83. The minimum absolute atomic E-state index is 0.0854. The molecule has 2 fully saturated rings. The molecule has 3 rings (SSSR count). The van der Waals surface area contributed by atoms with Crippen LogP contribution in [0.3, 0.4) is 0 Å². The molecule has 3 heteroatoms. The van der Waals surface area contributed by atoms with Crippen molar-refractivity contribution in [3.05, 3.63) is 24.0 Å². The fraction of sp³-hybridized carbons (Fsp3) is 0.667. The fourth-order valence-electron chi connectivity index (χ4n) is 3.83. The molecule has 0 spiro atoms. The van der Waals surface area contributed by atoms with Gasteiger partial charge in [-0.3, -0.25) is 0 Å². The van der Waals surface area contributed by atoms with Gasteiger partial charge in [-0.2, -0.15) is 0 Å². The smallest absolute Gasteiger partial charge is 0.148 e. The molecule has 0 bridgehead atoms. The van der Waals surface area contributed by atoms with Crippen molar-refractivity contribution in [1.29, 1.82) is 0 Å². The quantitative estimate of drug-likeness (QED) is 0.856. The van der Waals surface area contributed by atoms with Gasteiger partial charge in [0.15, 0.2) is 0 Å². The Bertz CT molecular complexity index is 462. The van der Waals surface area contributed by atoms with E-state index in [1.54, 1.807) is 6.07 Å². The maximum atomic E-state index is 14.3. The summed E-state index contributed by atoms with van der Waals surface area (Å²) in [6.07, 6.45) is 9.04. The highest BCUT2D eigenvalue weighted by Crippen LogP contribution is 2.30. The van der Waals surface area contributed by atoms with Gasteiger partial charge in [0.1, 0.15) is 5.82 Å². The van der Waals surface area contributed by atoms with E-state index in [0.717, 1.165) is 30.4 Å². The summed E-state index contributed by atoms with van der Waals surface area (Å²) in [7, 11) is 0. The normalized spacial score (nSPS) is 21.5. The first kappa shape index (κ1) is 14.7. The maximum absolute atomic E-state index is 14.3. The zero-order valence-electron chi connectivity index (χ0n) is 13.1. The predicted molar refractivity (Wildman–Crippen MR) is 87.5 cm³/mol. The summed E-state index contributed by atoms with van der Waals surface area (Å²) in [5.41, 5.74) is 1.69. The van der Waals surface area contributed by atoms with Crippen molar-refractivity contribution < 1.29 is 4.39 Å². The largest absolute Gasteiger partial charge is 0.382 e. The molecular weight excluding hydrogens is 263 g/mol. The van der Waals surface area contributed by atoms with Crippen LogP contribution in [0.1, 0.15) is 51.9 Å². The van der Waals surface area contributed by atoms with E-state index in [1.807, 2.05) is 12.1 Å². The summed E-state index contributed by atoms with van der Waals surface area (Å²) in [4.78, 5) is 2.16. The number of halogens is 1. The van der Waals surface area contributed by atoms with Gasteiger partial charge in [0.05, 0.1) is 5.69 Å². The lowest BCUT2D eigenvalue weighted by Crippen LogP contribution is -2.27. The van der Waals surface area contributed by atoms with Crippen molar-refractivity contribution >= 4 is 11.4 Å². The van der Waals surface area contributed by atoms with Crippen LogP contribution >= 0.6 is 0 Å². The maximum Gasteiger partial charge on any atom is 0.148 e. The standard InChI is InChI=1S/C18H27FN2/c1-14(15-7-3-2-4-8-15)20-16-9-10-18(17(19)13-16)21-11-5-6-12-21/h9-10,13-15,20H,2-8,11-12H2,1H3. The zero-order chi connectivity index (χ0) is 14.7. The van der Waals surface area contributed by atoms with Crippen LogP contribution in [0.2, 0.25) is 0 Å². The van der Waals surface area contributed by atoms with Crippen LogP contribution in [0, 0.1) is 11.7 Å². The Morgan fingerprint density at radius 2 is 1.81 bits per heavy atom. The second-order valence-electron chi connectivity index (χ2n) is 6.69. The first-order chi connectivity index (χ1) is 10.2. The molecule has 1 aromatic carbocycles. The molecule has 1 saturated carbocycles. The average molecular weight is 290 g/mol. The summed E-state index contributed by atoms with van der Waals surface area (Å²) in [5, 5.41) is 3.51. The lowest BCUT2D eigenvalue weighted by molar-refractivity contribution is 0.328. The topological polar surface area (TPSA) is 15.3 Å². The Labute approximate surface area is 127 Å². The van der Waals surface area contributed by atoms with Gasteiger partial charge in [0.2, 0.25) is 0 Å². The van der Waals surface area contributed by atoms with Crippen molar-refractivity contribution in [3.63, 3.8) is 0 Å². The molecule has 1 aromatic rings. The summed E-state index contributed by atoms with van der Waals surface area (Å²) < 4.78 is 14.3. The predicted octanol–water partition coefficient (Wildman–Crippen LogP) is 4.81. The number of hydrogen-bond acceptors (Lipinski definition) is 2. The molecule has 1 atom stereocenters. The molecule has 1 aliphatic carbocycles. The summed E-state index contributed by atoms with van der Waals surface area (Å²) in [6, 6.07) is 6.09. The summed E-state index contributed by atoms with van der Waals surface area (Å²) in [5.74, 6) is 0.651. The van der Waals surface area contributed by atoms with E-state index in [1.165, 1.54) is 44.9 Å². The molecule has 1 N–H and O–H groups in total. The zero-order valence-corrected chi connectivity index (χ0v) is 13.1. The van der Waals surface area contributed by atoms with E-state index in [4.69, 9.17) is 0 Å². The number of nitrogens with zero attached hydrogens (tertiary/aromatic N) is 1. The van der Waals surface area contributed by atoms with Gasteiger partial charge in [0.25, 0.3) is 0 Å². The second kappa shape index (κ2) is 6.67. The Morgan fingerprint density at radius 3 is 2.48 bits per heavy atom. The SMILES string of the molecule is CC(Nc1ccc(N2CCCC2)c(F)c1)C1CCCCC1. The Kier molecular flexibility index (Phi) is 4.67. The van der Waals surface area contributed by atoms with Crippen molar-refractivity contribution in [2.24, 2.45) is 5.92 Å². The highest BCUT2D eigenvalue weighted by Gasteiger charge is 2.21. The molecule has 0 aromatic heterocycles. The van der Waals surface area contributed by atoms with Gasteiger partial charge in [-0.15, -0.1) is 0 Å². The molecule has 1 unspecified atom stereocenters. The lowest BCUT2D eigenvalue weighted by Gasteiger charge is -2.29. The van der Waals surface area contributed by atoms with Gasteiger partial charge >= 0.3 is 0 Å². The second-order valence-corrected chi connectivity index (χ2v) is 6.69. The van der Waals surface area contributed by atoms with Crippen molar-refractivity contribution in [2.75, 3.05) is 23.3 Å². The number of anilines is 2. The molecule has 21 heavy (non-hydrogen) atoms. The number of hydrogen-bond donors (Lipinski definition) is 1. The molecule has 1 saturated heterocycles. The lowest BCUT2D eigenvalue weighted by atomic mass is 9.84. The third-order valence-electron chi connectivity index (χ3n) is 5.15. The minimum atomic E-state index is -0.0854. The van der Waals surface area contributed by atoms with Crippen molar-refractivity contribution in [2.45, 2.75) is 57.9 Å². The van der Waals surface area contributed by atoms with E-state index in [2.05, 4.69) is 17.1 Å². The van der Waals surface area contributed by atoms with Gasteiger partial charge in [-0.1, -0.05) is 19.3 Å². The number of nitrogens with one attached hydrogen (secondary N) is 1. The molecule has 1 heterocycles. The Morgan fingerprint density at radius 1 is 1.10 bits per heavy atom. The van der Waals surface area contributed by atoms with Crippen LogP contribution in [0.4, 0.5) is 15.8 Å². The van der Waals surface area contributed by atoms with E-state index in [-0.39, 0.29) is 5.82 Å². The van der Waals surface area contributed by atoms with E-state index < -0.39 is 0 Å². The highest BCUT2D eigenvalue weighted by molar-refractivity contribution is 5.57.